The fourth-order valence-corrected chi connectivity index (χ4v) is 4.00. The highest BCUT2D eigenvalue weighted by Gasteiger charge is 2.39. The Morgan fingerprint density at radius 1 is 1.45 bits per heavy atom. The first-order chi connectivity index (χ1) is 13.8. The fourth-order valence-electron chi connectivity index (χ4n) is 3.70. The van der Waals surface area contributed by atoms with Gasteiger partial charge < -0.3 is 4.98 Å². The SMILES string of the molecule is CCC[C@H](C)NNC(=O)OOC(C[C@@H](C)CC)N1C[C@@H](C)C[C@H]1c1ncc(Br)[nH]1. The zero-order valence-electron chi connectivity index (χ0n) is 18.2. The quantitative estimate of drug-likeness (QED) is 0.319. The molecular weight excluding hydrogens is 438 g/mol. The highest BCUT2D eigenvalue weighted by molar-refractivity contribution is 9.10. The van der Waals surface area contributed by atoms with Gasteiger partial charge in [0.05, 0.1) is 12.2 Å². The minimum absolute atomic E-state index is 0.0970. The number of H-pyrrole nitrogens is 1. The van der Waals surface area contributed by atoms with Crippen LogP contribution in [0.15, 0.2) is 10.8 Å². The van der Waals surface area contributed by atoms with Crippen LogP contribution in [0.1, 0.15) is 78.6 Å². The van der Waals surface area contributed by atoms with Gasteiger partial charge in [0, 0.05) is 12.6 Å². The van der Waals surface area contributed by atoms with E-state index in [0.29, 0.717) is 11.8 Å². The summed E-state index contributed by atoms with van der Waals surface area (Å²) in [5, 5.41) is 0. The molecule has 2 rings (SSSR count). The molecule has 0 bridgehead atoms. The van der Waals surface area contributed by atoms with Crippen LogP contribution in [0, 0.1) is 11.8 Å². The van der Waals surface area contributed by atoms with Gasteiger partial charge in [0.25, 0.3) is 0 Å². The van der Waals surface area contributed by atoms with Crippen LogP contribution in [0.2, 0.25) is 0 Å². The Hall–Kier alpha value is -1.16. The first kappa shape index (κ1) is 24.1. The summed E-state index contributed by atoms with van der Waals surface area (Å²) in [6.07, 6.45) is 5.59. The summed E-state index contributed by atoms with van der Waals surface area (Å²) in [6, 6.07) is 0.268. The second-order valence-electron chi connectivity index (χ2n) is 8.30. The summed E-state index contributed by atoms with van der Waals surface area (Å²) < 4.78 is 0.856. The van der Waals surface area contributed by atoms with E-state index in [9.17, 15) is 4.79 Å². The van der Waals surface area contributed by atoms with Crippen LogP contribution in [0.25, 0.3) is 0 Å². The maximum Gasteiger partial charge on any atom is 0.452 e. The summed E-state index contributed by atoms with van der Waals surface area (Å²) in [5.74, 6) is 1.84. The van der Waals surface area contributed by atoms with Crippen molar-refractivity contribution in [1.29, 1.82) is 0 Å². The maximum absolute atomic E-state index is 12.1. The average Bonchev–Trinajstić information content (AvgIpc) is 3.28. The molecule has 2 heterocycles. The molecule has 9 heteroatoms. The number of nitrogens with one attached hydrogen (secondary N) is 3. The van der Waals surface area contributed by atoms with Crippen LogP contribution in [0.5, 0.6) is 0 Å². The van der Waals surface area contributed by atoms with Crippen molar-refractivity contribution in [3.63, 3.8) is 0 Å². The lowest BCUT2D eigenvalue weighted by atomic mass is 10.0. The van der Waals surface area contributed by atoms with Gasteiger partial charge in [0.2, 0.25) is 0 Å². The van der Waals surface area contributed by atoms with Crippen molar-refractivity contribution in [3.05, 3.63) is 16.6 Å². The Labute approximate surface area is 182 Å². The molecule has 1 saturated heterocycles. The predicted molar refractivity (Wildman–Crippen MR) is 116 cm³/mol. The molecule has 1 fully saturated rings. The van der Waals surface area contributed by atoms with E-state index in [4.69, 9.17) is 9.78 Å². The summed E-state index contributed by atoms with van der Waals surface area (Å²) in [6.45, 7) is 11.5. The first-order valence-corrected chi connectivity index (χ1v) is 11.5. The monoisotopic (exact) mass is 473 g/mol. The molecule has 0 spiro atoms. The number of amides is 1. The van der Waals surface area contributed by atoms with E-state index < -0.39 is 6.09 Å². The van der Waals surface area contributed by atoms with Gasteiger partial charge in [-0.2, -0.15) is 4.89 Å². The van der Waals surface area contributed by atoms with E-state index in [0.717, 1.165) is 49.1 Å². The van der Waals surface area contributed by atoms with E-state index in [1.54, 1.807) is 6.20 Å². The van der Waals surface area contributed by atoms with Crippen molar-refractivity contribution in [2.45, 2.75) is 85.0 Å². The molecule has 1 aliphatic rings. The minimum Gasteiger partial charge on any atom is -0.335 e. The number of carbonyl (C=O) groups is 1. The van der Waals surface area contributed by atoms with Gasteiger partial charge in [-0.1, -0.05) is 40.5 Å². The van der Waals surface area contributed by atoms with Gasteiger partial charge in [0.15, 0.2) is 6.23 Å². The number of aromatic nitrogens is 2. The highest BCUT2D eigenvalue weighted by atomic mass is 79.9. The third kappa shape index (κ3) is 7.55. The number of hydrogen-bond donors (Lipinski definition) is 3. The van der Waals surface area contributed by atoms with Gasteiger partial charge in [0.1, 0.15) is 10.4 Å². The molecule has 1 aromatic rings. The number of hydrogen-bond acceptors (Lipinski definition) is 6. The summed E-state index contributed by atoms with van der Waals surface area (Å²) >= 11 is 3.44. The van der Waals surface area contributed by atoms with Crippen molar-refractivity contribution < 1.29 is 14.6 Å². The van der Waals surface area contributed by atoms with Crippen LogP contribution in [0.4, 0.5) is 4.79 Å². The van der Waals surface area contributed by atoms with Crippen LogP contribution >= 0.6 is 15.9 Å². The topological polar surface area (TPSA) is 91.5 Å². The summed E-state index contributed by atoms with van der Waals surface area (Å²) in [4.78, 5) is 32.9. The lowest BCUT2D eigenvalue weighted by Gasteiger charge is -2.32. The first-order valence-electron chi connectivity index (χ1n) is 10.7. The number of imidazole rings is 1. The number of carbonyl (C=O) groups excluding carboxylic acids is 1. The third-order valence-corrected chi connectivity index (χ3v) is 5.88. The molecule has 1 amide bonds. The molecule has 5 atom stereocenters. The van der Waals surface area contributed by atoms with Gasteiger partial charge in [-0.25, -0.2) is 15.2 Å². The number of rotatable bonds is 11. The molecule has 0 radical (unpaired) electrons. The van der Waals surface area contributed by atoms with E-state index in [2.05, 4.69) is 69.3 Å². The van der Waals surface area contributed by atoms with Gasteiger partial charge in [-0.15, -0.1) is 0 Å². The highest BCUT2D eigenvalue weighted by Crippen LogP contribution is 2.37. The standard InChI is InChI=1S/C20H36BrN5O3/c1-6-8-15(5)24-25-20(27)29-28-18(10-13(3)7-2)26-12-14(4)9-16(26)19-22-11-17(21)23-19/h11,13-16,18,24H,6-10,12H2,1-5H3,(H,22,23)(H,25,27)/t13-,14-,15-,16-,18?/m0/s1. The number of likely N-dealkylation sites (tertiary alicyclic amines) is 1. The Bertz CT molecular complexity index is 629. The minimum atomic E-state index is -0.633. The van der Waals surface area contributed by atoms with Crippen molar-refractivity contribution in [1.82, 2.24) is 25.7 Å². The molecule has 1 aliphatic heterocycles. The van der Waals surface area contributed by atoms with E-state index in [1.165, 1.54) is 0 Å². The number of nitrogens with zero attached hydrogens (tertiary/aromatic N) is 2. The second-order valence-corrected chi connectivity index (χ2v) is 9.15. The molecular formula is C20H36BrN5O3. The molecule has 3 N–H and O–H groups in total. The molecule has 8 nitrogen and oxygen atoms in total. The smallest absolute Gasteiger partial charge is 0.335 e. The Balaban J connectivity index is 2.01. The molecule has 166 valence electrons. The second kappa shape index (κ2) is 11.9. The van der Waals surface area contributed by atoms with Gasteiger partial charge in [-0.3, -0.25) is 15.2 Å². The molecule has 1 aromatic heterocycles. The molecule has 29 heavy (non-hydrogen) atoms. The fraction of sp³-hybridized carbons (Fsp3) is 0.800. The zero-order valence-corrected chi connectivity index (χ0v) is 19.8. The zero-order chi connectivity index (χ0) is 21.4. The summed E-state index contributed by atoms with van der Waals surface area (Å²) in [7, 11) is 0. The lowest BCUT2D eigenvalue weighted by Crippen LogP contribution is -2.45. The van der Waals surface area contributed by atoms with Gasteiger partial charge in [-0.05, 0) is 54.0 Å². The largest absolute Gasteiger partial charge is 0.452 e. The van der Waals surface area contributed by atoms with Crippen LogP contribution in [0.3, 0.4) is 0 Å². The summed E-state index contributed by atoms with van der Waals surface area (Å²) in [5.41, 5.74) is 5.49. The molecule has 0 saturated carbocycles. The van der Waals surface area contributed by atoms with E-state index in [-0.39, 0.29) is 18.3 Å². The van der Waals surface area contributed by atoms with Gasteiger partial charge >= 0.3 is 6.09 Å². The van der Waals surface area contributed by atoms with Crippen molar-refractivity contribution in [3.8, 4) is 0 Å². The molecule has 1 unspecified atom stereocenters. The Morgan fingerprint density at radius 3 is 2.83 bits per heavy atom. The Morgan fingerprint density at radius 2 is 2.21 bits per heavy atom. The number of halogens is 1. The molecule has 0 aliphatic carbocycles. The van der Waals surface area contributed by atoms with E-state index >= 15 is 0 Å². The maximum atomic E-state index is 12.1. The number of aromatic amines is 1. The third-order valence-electron chi connectivity index (χ3n) is 5.48. The van der Waals surface area contributed by atoms with Crippen molar-refractivity contribution in [2.75, 3.05) is 6.54 Å². The Kier molecular flexibility index (Phi) is 9.88. The van der Waals surface area contributed by atoms with E-state index in [1.807, 2.05) is 6.92 Å². The molecule has 0 aromatic carbocycles. The number of hydrazine groups is 1. The normalized spacial score (nSPS) is 23.0. The van der Waals surface area contributed by atoms with Crippen molar-refractivity contribution >= 4 is 22.0 Å². The predicted octanol–water partition coefficient (Wildman–Crippen LogP) is 4.67. The van der Waals surface area contributed by atoms with Crippen LogP contribution < -0.4 is 10.9 Å². The van der Waals surface area contributed by atoms with Crippen LogP contribution in [-0.4, -0.2) is 39.8 Å². The lowest BCUT2D eigenvalue weighted by molar-refractivity contribution is -0.313. The van der Waals surface area contributed by atoms with Crippen molar-refractivity contribution in [2.24, 2.45) is 11.8 Å². The average molecular weight is 474 g/mol. The van der Waals surface area contributed by atoms with Crippen LogP contribution in [-0.2, 0) is 9.78 Å².